The smallest absolute Gasteiger partial charge is 0.231 e. The van der Waals surface area contributed by atoms with Crippen LogP contribution >= 0.6 is 11.6 Å². The lowest BCUT2D eigenvalue weighted by molar-refractivity contribution is -0.122. The molecule has 2 heterocycles. The Hall–Kier alpha value is -2.92. The molecule has 1 atom stereocenters. The molecule has 1 amide bonds. The maximum Gasteiger partial charge on any atom is 0.231 e. The van der Waals surface area contributed by atoms with E-state index in [0.717, 1.165) is 42.1 Å². The molecule has 2 aromatic carbocycles. The first-order valence-electron chi connectivity index (χ1n) is 9.79. The highest BCUT2D eigenvalue weighted by Crippen LogP contribution is 2.26. The zero-order valence-corrected chi connectivity index (χ0v) is 17.1. The largest absolute Gasteiger partial charge is 0.354 e. The van der Waals surface area contributed by atoms with Crippen molar-refractivity contribution in [1.29, 1.82) is 0 Å². The number of carbonyl (C=O) groups is 1. The molecule has 148 valence electrons. The number of hydrogen-bond donors (Lipinski definition) is 0. The topological polar surface area (TPSA) is 49.3 Å². The molecule has 0 saturated carbocycles. The Morgan fingerprint density at radius 3 is 2.48 bits per heavy atom. The van der Waals surface area contributed by atoms with Crippen molar-refractivity contribution in [2.45, 2.75) is 12.8 Å². The second kappa shape index (κ2) is 8.62. The van der Waals surface area contributed by atoms with Crippen LogP contribution in [0.2, 0.25) is 5.02 Å². The quantitative estimate of drug-likeness (QED) is 0.631. The summed E-state index contributed by atoms with van der Waals surface area (Å²) in [5.41, 5.74) is 2.70. The van der Waals surface area contributed by atoms with E-state index >= 15 is 0 Å². The van der Waals surface area contributed by atoms with Crippen molar-refractivity contribution < 1.29 is 4.79 Å². The number of hydrogen-bond acceptors (Lipinski definition) is 4. The second-order valence-electron chi connectivity index (χ2n) is 7.30. The summed E-state index contributed by atoms with van der Waals surface area (Å²) in [6, 6.07) is 21.3. The van der Waals surface area contributed by atoms with Gasteiger partial charge < -0.3 is 9.80 Å². The van der Waals surface area contributed by atoms with E-state index in [1.54, 1.807) is 4.90 Å². The third-order valence-corrected chi connectivity index (χ3v) is 5.61. The highest BCUT2D eigenvalue weighted by atomic mass is 35.5. The Morgan fingerprint density at radius 1 is 1.03 bits per heavy atom. The van der Waals surface area contributed by atoms with Gasteiger partial charge in [-0.1, -0.05) is 41.9 Å². The molecule has 5 nitrogen and oxygen atoms in total. The molecular formula is C23H23ClN4O. The van der Waals surface area contributed by atoms with E-state index in [9.17, 15) is 4.79 Å². The molecule has 0 radical (unpaired) electrons. The van der Waals surface area contributed by atoms with Crippen molar-refractivity contribution >= 4 is 29.0 Å². The average molecular weight is 407 g/mol. The lowest BCUT2D eigenvalue weighted by Gasteiger charge is -2.34. The fourth-order valence-corrected chi connectivity index (χ4v) is 3.83. The molecule has 0 aliphatic carbocycles. The second-order valence-corrected chi connectivity index (χ2v) is 7.74. The van der Waals surface area contributed by atoms with E-state index in [4.69, 9.17) is 11.6 Å². The monoisotopic (exact) mass is 406 g/mol. The summed E-state index contributed by atoms with van der Waals surface area (Å²) in [5.74, 6) is 0.904. The van der Waals surface area contributed by atoms with Gasteiger partial charge in [-0.15, -0.1) is 10.2 Å². The van der Waals surface area contributed by atoms with E-state index in [0.29, 0.717) is 11.6 Å². The Bertz CT molecular complexity index is 960. The highest BCUT2D eigenvalue weighted by molar-refractivity contribution is 6.30. The predicted molar refractivity (Wildman–Crippen MR) is 117 cm³/mol. The zero-order valence-electron chi connectivity index (χ0n) is 16.3. The van der Waals surface area contributed by atoms with E-state index < -0.39 is 0 Å². The SMILES string of the molecule is CN(C(=O)C1CCCN(c2ccc(-c3ccc(Cl)cc3)nn2)C1)c1ccccc1. The predicted octanol–water partition coefficient (Wildman–Crippen LogP) is 4.68. The number of benzene rings is 2. The van der Waals surface area contributed by atoms with Crippen LogP contribution in [0.1, 0.15) is 12.8 Å². The standard InChI is InChI=1S/C23H23ClN4O/c1-27(20-7-3-2-4-8-20)23(29)18-6-5-15-28(16-18)22-14-13-21(25-26-22)17-9-11-19(24)12-10-17/h2-4,7-14,18H,5-6,15-16H2,1H3. The minimum Gasteiger partial charge on any atom is -0.354 e. The minimum absolute atomic E-state index is 0.0494. The number of rotatable bonds is 4. The van der Waals surface area contributed by atoms with Gasteiger partial charge in [0.25, 0.3) is 0 Å². The first-order valence-corrected chi connectivity index (χ1v) is 10.2. The summed E-state index contributed by atoms with van der Waals surface area (Å²) in [7, 11) is 1.84. The number of amides is 1. The van der Waals surface area contributed by atoms with Crippen molar-refractivity contribution in [1.82, 2.24) is 10.2 Å². The number of aromatic nitrogens is 2. The Kier molecular flexibility index (Phi) is 5.76. The molecular weight excluding hydrogens is 384 g/mol. The molecule has 0 bridgehead atoms. The molecule has 1 aliphatic rings. The number of halogens is 1. The fraction of sp³-hybridized carbons (Fsp3) is 0.261. The maximum absolute atomic E-state index is 13.0. The molecule has 0 N–H and O–H groups in total. The van der Waals surface area contributed by atoms with Crippen LogP contribution in [0.5, 0.6) is 0 Å². The van der Waals surface area contributed by atoms with Gasteiger partial charge in [0, 0.05) is 36.4 Å². The van der Waals surface area contributed by atoms with Gasteiger partial charge >= 0.3 is 0 Å². The maximum atomic E-state index is 13.0. The van der Waals surface area contributed by atoms with Gasteiger partial charge in [0.2, 0.25) is 5.91 Å². The minimum atomic E-state index is -0.0494. The first-order chi connectivity index (χ1) is 14.1. The average Bonchev–Trinajstić information content (AvgIpc) is 2.79. The van der Waals surface area contributed by atoms with Crippen LogP contribution in [0.4, 0.5) is 11.5 Å². The van der Waals surface area contributed by atoms with Crippen LogP contribution in [0.25, 0.3) is 11.3 Å². The normalized spacial score (nSPS) is 16.5. The van der Waals surface area contributed by atoms with Crippen LogP contribution in [-0.4, -0.2) is 36.2 Å². The van der Waals surface area contributed by atoms with E-state index in [1.165, 1.54) is 0 Å². The van der Waals surface area contributed by atoms with Gasteiger partial charge in [-0.3, -0.25) is 4.79 Å². The third kappa shape index (κ3) is 4.40. The first kappa shape index (κ1) is 19.4. The van der Waals surface area contributed by atoms with Crippen molar-refractivity contribution in [2.24, 2.45) is 5.92 Å². The molecule has 1 unspecified atom stereocenters. The number of carbonyl (C=O) groups excluding carboxylic acids is 1. The van der Waals surface area contributed by atoms with Crippen LogP contribution in [0.15, 0.2) is 66.7 Å². The molecule has 1 fully saturated rings. The van der Waals surface area contributed by atoms with Gasteiger partial charge in [-0.2, -0.15) is 0 Å². The van der Waals surface area contributed by atoms with Gasteiger partial charge in [-0.25, -0.2) is 0 Å². The Morgan fingerprint density at radius 2 is 1.79 bits per heavy atom. The van der Waals surface area contributed by atoms with Crippen molar-refractivity contribution in [3.05, 3.63) is 71.8 Å². The molecule has 0 spiro atoms. The van der Waals surface area contributed by atoms with Crippen LogP contribution < -0.4 is 9.80 Å². The van der Waals surface area contributed by atoms with E-state index in [2.05, 4.69) is 15.1 Å². The van der Waals surface area contributed by atoms with E-state index in [-0.39, 0.29) is 11.8 Å². The van der Waals surface area contributed by atoms with Crippen LogP contribution in [0.3, 0.4) is 0 Å². The molecule has 1 aliphatic heterocycles. The lowest BCUT2D eigenvalue weighted by Crippen LogP contribution is -2.44. The Labute approximate surface area is 175 Å². The zero-order chi connectivity index (χ0) is 20.2. The van der Waals surface area contributed by atoms with Gasteiger partial charge in [0.05, 0.1) is 11.6 Å². The Balaban J connectivity index is 1.45. The highest BCUT2D eigenvalue weighted by Gasteiger charge is 2.29. The summed E-state index contributed by atoms with van der Waals surface area (Å²) in [4.78, 5) is 16.9. The fourth-order valence-electron chi connectivity index (χ4n) is 3.71. The van der Waals surface area contributed by atoms with Gasteiger partial charge in [-0.05, 0) is 49.2 Å². The molecule has 1 saturated heterocycles. The van der Waals surface area contributed by atoms with Gasteiger partial charge in [0.1, 0.15) is 0 Å². The van der Waals surface area contributed by atoms with Crippen molar-refractivity contribution in [3.8, 4) is 11.3 Å². The lowest BCUT2D eigenvalue weighted by atomic mass is 9.96. The van der Waals surface area contributed by atoms with Crippen LogP contribution in [0, 0.1) is 5.92 Å². The molecule has 4 rings (SSSR count). The van der Waals surface area contributed by atoms with E-state index in [1.807, 2.05) is 73.8 Å². The van der Waals surface area contributed by atoms with Gasteiger partial charge in [0.15, 0.2) is 5.82 Å². The molecule has 1 aromatic heterocycles. The number of anilines is 2. The molecule has 3 aromatic rings. The summed E-state index contributed by atoms with van der Waals surface area (Å²) in [6.07, 6.45) is 1.85. The molecule has 29 heavy (non-hydrogen) atoms. The summed E-state index contributed by atoms with van der Waals surface area (Å²) in [5, 5.41) is 9.49. The summed E-state index contributed by atoms with van der Waals surface area (Å²) >= 11 is 5.95. The van der Waals surface area contributed by atoms with Crippen molar-refractivity contribution in [2.75, 3.05) is 29.9 Å². The number of piperidine rings is 1. The van der Waals surface area contributed by atoms with Crippen LogP contribution in [-0.2, 0) is 4.79 Å². The summed E-state index contributed by atoms with van der Waals surface area (Å²) in [6.45, 7) is 1.54. The summed E-state index contributed by atoms with van der Waals surface area (Å²) < 4.78 is 0. The number of nitrogens with zero attached hydrogens (tertiary/aromatic N) is 4. The van der Waals surface area contributed by atoms with Crippen molar-refractivity contribution in [3.63, 3.8) is 0 Å². The third-order valence-electron chi connectivity index (χ3n) is 5.36. The number of para-hydroxylation sites is 1. The molecule has 6 heteroatoms.